The minimum Gasteiger partial charge on any atom is -0.326 e. The molecule has 6 nitrogen and oxygen atoms in total. The van der Waals surface area contributed by atoms with Crippen LogP contribution in [0, 0.1) is 0 Å². The van der Waals surface area contributed by atoms with Crippen LogP contribution in [0.1, 0.15) is 22.5 Å². The molecule has 1 aliphatic rings. The molecule has 2 heterocycles. The molecule has 0 unspecified atom stereocenters. The normalized spacial score (nSPS) is 13.3. The fourth-order valence-electron chi connectivity index (χ4n) is 2.11. The zero-order valence-electron chi connectivity index (χ0n) is 10.9. The Kier molecular flexibility index (Phi) is 3.53. The van der Waals surface area contributed by atoms with Crippen molar-refractivity contribution in [2.24, 2.45) is 0 Å². The van der Waals surface area contributed by atoms with E-state index in [0.29, 0.717) is 18.5 Å². The third-order valence-corrected chi connectivity index (χ3v) is 3.28. The van der Waals surface area contributed by atoms with Crippen LogP contribution in [0.4, 0.5) is 11.4 Å². The van der Waals surface area contributed by atoms with Gasteiger partial charge >= 0.3 is 0 Å². The maximum Gasteiger partial charge on any atom is 0.275 e. The molecule has 2 amide bonds. The van der Waals surface area contributed by atoms with E-state index >= 15 is 0 Å². The third kappa shape index (κ3) is 3.00. The van der Waals surface area contributed by atoms with E-state index in [9.17, 15) is 9.59 Å². The molecule has 0 spiro atoms. The number of aromatic nitrogens is 2. The van der Waals surface area contributed by atoms with Gasteiger partial charge in [-0.1, -0.05) is 11.6 Å². The minimum absolute atomic E-state index is 0.00786. The standard InChI is InChI=1S/C14H11ClN4O2/c15-12-7-16-6-11(18-12)14(21)17-9-2-3-10-8(5-9)1-4-13(20)19-10/h2-3,5-7H,1,4H2,(H,17,21)(H,19,20). The van der Waals surface area contributed by atoms with E-state index < -0.39 is 0 Å². The van der Waals surface area contributed by atoms with Crippen LogP contribution in [0.3, 0.4) is 0 Å². The van der Waals surface area contributed by atoms with Crippen molar-refractivity contribution >= 4 is 34.8 Å². The van der Waals surface area contributed by atoms with Gasteiger partial charge in [0.15, 0.2) is 0 Å². The number of halogens is 1. The highest BCUT2D eigenvalue weighted by atomic mass is 35.5. The second-order valence-electron chi connectivity index (χ2n) is 4.60. The molecule has 1 aliphatic heterocycles. The first kappa shape index (κ1) is 13.5. The predicted octanol–water partition coefficient (Wildman–Crippen LogP) is 2.27. The molecule has 0 bridgehead atoms. The van der Waals surface area contributed by atoms with Crippen LogP contribution in [-0.2, 0) is 11.2 Å². The van der Waals surface area contributed by atoms with Gasteiger partial charge in [0, 0.05) is 17.8 Å². The van der Waals surface area contributed by atoms with Crippen molar-refractivity contribution in [1.82, 2.24) is 9.97 Å². The largest absolute Gasteiger partial charge is 0.326 e. The Hall–Kier alpha value is -2.47. The van der Waals surface area contributed by atoms with Gasteiger partial charge in [-0.05, 0) is 30.2 Å². The smallest absolute Gasteiger partial charge is 0.275 e. The highest BCUT2D eigenvalue weighted by Gasteiger charge is 2.16. The average Bonchev–Trinajstić information content (AvgIpc) is 2.47. The molecule has 3 rings (SSSR count). The maximum absolute atomic E-state index is 12.0. The number of benzene rings is 1. The Morgan fingerprint density at radius 3 is 2.95 bits per heavy atom. The number of amides is 2. The lowest BCUT2D eigenvalue weighted by Gasteiger charge is -2.17. The van der Waals surface area contributed by atoms with Gasteiger partial charge in [0.2, 0.25) is 5.91 Å². The number of nitrogens with zero attached hydrogens (tertiary/aromatic N) is 2. The number of hydrogen-bond donors (Lipinski definition) is 2. The lowest BCUT2D eigenvalue weighted by Crippen LogP contribution is -2.19. The Bertz CT molecular complexity index is 733. The van der Waals surface area contributed by atoms with E-state index in [1.54, 1.807) is 12.1 Å². The lowest BCUT2D eigenvalue weighted by atomic mass is 10.0. The van der Waals surface area contributed by atoms with E-state index in [1.807, 2.05) is 6.07 Å². The van der Waals surface area contributed by atoms with E-state index in [1.165, 1.54) is 12.4 Å². The van der Waals surface area contributed by atoms with Gasteiger partial charge in [0.1, 0.15) is 10.8 Å². The third-order valence-electron chi connectivity index (χ3n) is 3.10. The summed E-state index contributed by atoms with van der Waals surface area (Å²) in [6.45, 7) is 0. The Morgan fingerprint density at radius 1 is 1.29 bits per heavy atom. The van der Waals surface area contributed by atoms with Crippen LogP contribution in [0.2, 0.25) is 5.15 Å². The van der Waals surface area contributed by atoms with Gasteiger partial charge < -0.3 is 10.6 Å². The summed E-state index contributed by atoms with van der Waals surface area (Å²) in [5.41, 5.74) is 2.56. The second kappa shape index (κ2) is 5.49. The molecule has 21 heavy (non-hydrogen) atoms. The van der Waals surface area contributed by atoms with Crippen molar-refractivity contribution in [1.29, 1.82) is 0 Å². The molecule has 2 aromatic rings. The summed E-state index contributed by atoms with van der Waals surface area (Å²) in [4.78, 5) is 31.1. The van der Waals surface area contributed by atoms with E-state index in [0.717, 1.165) is 11.3 Å². The molecule has 2 N–H and O–H groups in total. The lowest BCUT2D eigenvalue weighted by molar-refractivity contribution is -0.116. The average molecular weight is 303 g/mol. The SMILES string of the molecule is O=C1CCc2cc(NC(=O)c3cncc(Cl)n3)ccc2N1. The number of carbonyl (C=O) groups is 2. The summed E-state index contributed by atoms with van der Waals surface area (Å²) >= 11 is 5.71. The van der Waals surface area contributed by atoms with E-state index in [-0.39, 0.29) is 22.7 Å². The molecule has 0 saturated heterocycles. The van der Waals surface area contributed by atoms with Crippen LogP contribution in [0.15, 0.2) is 30.6 Å². The zero-order chi connectivity index (χ0) is 14.8. The highest BCUT2D eigenvalue weighted by Crippen LogP contribution is 2.25. The molecule has 0 fully saturated rings. The van der Waals surface area contributed by atoms with Gasteiger partial charge in [0.25, 0.3) is 5.91 Å². The molecule has 0 atom stereocenters. The van der Waals surface area contributed by atoms with E-state index in [2.05, 4.69) is 20.6 Å². The summed E-state index contributed by atoms with van der Waals surface area (Å²) < 4.78 is 0. The molecular weight excluding hydrogens is 292 g/mol. The topological polar surface area (TPSA) is 84.0 Å². The molecule has 7 heteroatoms. The van der Waals surface area contributed by atoms with Crippen LogP contribution < -0.4 is 10.6 Å². The van der Waals surface area contributed by atoms with Crippen LogP contribution in [0.25, 0.3) is 0 Å². The van der Waals surface area contributed by atoms with Gasteiger partial charge in [-0.15, -0.1) is 0 Å². The van der Waals surface area contributed by atoms with Crippen molar-refractivity contribution in [2.45, 2.75) is 12.8 Å². The van der Waals surface area contributed by atoms with Gasteiger partial charge in [-0.3, -0.25) is 14.6 Å². The number of nitrogens with one attached hydrogen (secondary N) is 2. The summed E-state index contributed by atoms with van der Waals surface area (Å²) in [5.74, 6) is -0.377. The molecule has 106 valence electrons. The molecular formula is C14H11ClN4O2. The summed E-state index contributed by atoms with van der Waals surface area (Å²) in [6.07, 6.45) is 3.81. The van der Waals surface area contributed by atoms with Crippen molar-refractivity contribution in [3.8, 4) is 0 Å². The second-order valence-corrected chi connectivity index (χ2v) is 4.99. The quantitative estimate of drug-likeness (QED) is 0.891. The number of fused-ring (bicyclic) bond motifs is 1. The monoisotopic (exact) mass is 302 g/mol. The number of rotatable bonds is 2. The number of hydrogen-bond acceptors (Lipinski definition) is 4. The summed E-state index contributed by atoms with van der Waals surface area (Å²) in [6, 6.07) is 5.33. The summed E-state index contributed by atoms with van der Waals surface area (Å²) in [5, 5.41) is 5.68. The predicted molar refractivity (Wildman–Crippen MR) is 78.4 cm³/mol. The zero-order valence-corrected chi connectivity index (χ0v) is 11.6. The Balaban J connectivity index is 1.79. The van der Waals surface area contributed by atoms with Crippen LogP contribution in [-0.4, -0.2) is 21.8 Å². The number of anilines is 2. The maximum atomic E-state index is 12.0. The highest BCUT2D eigenvalue weighted by molar-refractivity contribution is 6.29. The summed E-state index contributed by atoms with van der Waals surface area (Å²) in [7, 11) is 0. The first-order chi connectivity index (χ1) is 10.1. The van der Waals surface area contributed by atoms with Crippen molar-refractivity contribution in [3.05, 3.63) is 47.0 Å². The minimum atomic E-state index is -0.384. The van der Waals surface area contributed by atoms with E-state index in [4.69, 9.17) is 11.6 Å². The van der Waals surface area contributed by atoms with Crippen LogP contribution in [0.5, 0.6) is 0 Å². The molecule has 0 saturated carbocycles. The Labute approximate surface area is 125 Å². The first-order valence-electron chi connectivity index (χ1n) is 6.33. The van der Waals surface area contributed by atoms with Gasteiger partial charge in [-0.2, -0.15) is 0 Å². The molecule has 1 aromatic heterocycles. The van der Waals surface area contributed by atoms with Crippen molar-refractivity contribution in [2.75, 3.05) is 10.6 Å². The number of carbonyl (C=O) groups excluding carboxylic acids is 2. The molecule has 1 aromatic carbocycles. The fourth-order valence-corrected chi connectivity index (χ4v) is 2.26. The fraction of sp³-hybridized carbons (Fsp3) is 0.143. The van der Waals surface area contributed by atoms with Crippen LogP contribution >= 0.6 is 11.6 Å². The Morgan fingerprint density at radius 2 is 2.14 bits per heavy atom. The first-order valence-corrected chi connectivity index (χ1v) is 6.71. The molecule has 0 aliphatic carbocycles. The van der Waals surface area contributed by atoms with Gasteiger partial charge in [-0.25, -0.2) is 4.98 Å². The van der Waals surface area contributed by atoms with Crippen molar-refractivity contribution in [3.63, 3.8) is 0 Å². The molecule has 0 radical (unpaired) electrons. The van der Waals surface area contributed by atoms with Crippen molar-refractivity contribution < 1.29 is 9.59 Å². The van der Waals surface area contributed by atoms with Gasteiger partial charge in [0.05, 0.1) is 12.4 Å². The number of aryl methyl sites for hydroxylation is 1.